The van der Waals surface area contributed by atoms with Gasteiger partial charge in [-0.3, -0.25) is 9.64 Å². The molecule has 0 aliphatic carbocycles. The zero-order chi connectivity index (χ0) is 9.47. The van der Waals surface area contributed by atoms with E-state index < -0.39 is 12.5 Å². The molecule has 0 aromatic carbocycles. The number of hydrogen-bond acceptors (Lipinski definition) is 2. The van der Waals surface area contributed by atoms with Crippen molar-refractivity contribution in [2.75, 3.05) is 13.1 Å². The Bertz CT molecular complexity index is 182. The van der Waals surface area contributed by atoms with E-state index in [4.69, 9.17) is 0 Å². The summed E-state index contributed by atoms with van der Waals surface area (Å²) in [5.74, 6) is 0. The Morgan fingerprint density at radius 2 is 2.08 bits per heavy atom. The molecule has 2 fully saturated rings. The van der Waals surface area contributed by atoms with Gasteiger partial charge < -0.3 is 0 Å². The molecule has 0 radical (unpaired) electrons. The molecule has 2 unspecified atom stereocenters. The third-order valence-electron chi connectivity index (χ3n) is 2.77. The molecule has 2 aliphatic rings. The largest absolute Gasteiger partial charge is 0.522 e. The van der Waals surface area contributed by atoms with Crippen LogP contribution in [0.4, 0.5) is 13.2 Å². The molecule has 0 saturated carbocycles. The lowest BCUT2D eigenvalue weighted by atomic mass is 10.1. The summed E-state index contributed by atoms with van der Waals surface area (Å²) in [5.41, 5.74) is 0. The number of hydrogen-bond donors (Lipinski definition) is 0. The highest BCUT2D eigenvalue weighted by Crippen LogP contribution is 2.32. The Balaban J connectivity index is 1.85. The van der Waals surface area contributed by atoms with Crippen LogP contribution in [0.15, 0.2) is 0 Å². The molecule has 13 heavy (non-hydrogen) atoms. The van der Waals surface area contributed by atoms with Crippen LogP contribution in [0.3, 0.4) is 0 Å². The normalized spacial score (nSPS) is 35.3. The van der Waals surface area contributed by atoms with Crippen molar-refractivity contribution in [2.45, 2.75) is 37.8 Å². The van der Waals surface area contributed by atoms with Crippen molar-refractivity contribution in [3.8, 4) is 0 Å². The van der Waals surface area contributed by atoms with Gasteiger partial charge >= 0.3 is 6.36 Å². The van der Waals surface area contributed by atoms with Crippen LogP contribution in [-0.2, 0) is 4.74 Å². The summed E-state index contributed by atoms with van der Waals surface area (Å²) in [5, 5.41) is 0. The number of halogens is 3. The molecule has 2 nitrogen and oxygen atoms in total. The summed E-state index contributed by atoms with van der Waals surface area (Å²) in [7, 11) is 0. The van der Waals surface area contributed by atoms with Gasteiger partial charge in [-0.2, -0.15) is 0 Å². The standard InChI is InChI=1S/C8H12F3NO/c9-8(10,11)13-7-4-6-2-1-3-12(6)5-7/h6-7H,1-5H2. The Kier molecular flexibility index (Phi) is 2.23. The number of ether oxygens (including phenoxy) is 1. The van der Waals surface area contributed by atoms with Gasteiger partial charge in [-0.25, -0.2) is 0 Å². The van der Waals surface area contributed by atoms with Crippen LogP contribution >= 0.6 is 0 Å². The number of fused-ring (bicyclic) bond motifs is 1. The quantitative estimate of drug-likeness (QED) is 0.632. The first kappa shape index (κ1) is 9.27. The Hall–Kier alpha value is -0.290. The van der Waals surface area contributed by atoms with Crippen LogP contribution in [-0.4, -0.2) is 36.5 Å². The summed E-state index contributed by atoms with van der Waals surface area (Å²) >= 11 is 0. The maximum absolute atomic E-state index is 11.8. The van der Waals surface area contributed by atoms with Gasteiger partial charge in [0.2, 0.25) is 0 Å². The van der Waals surface area contributed by atoms with Crippen LogP contribution in [0.2, 0.25) is 0 Å². The molecule has 0 bridgehead atoms. The van der Waals surface area contributed by atoms with Gasteiger partial charge in [-0.15, -0.1) is 13.2 Å². The van der Waals surface area contributed by atoms with E-state index in [1.54, 1.807) is 0 Å². The summed E-state index contributed by atoms with van der Waals surface area (Å²) < 4.78 is 39.5. The van der Waals surface area contributed by atoms with Crippen molar-refractivity contribution in [3.05, 3.63) is 0 Å². The molecular weight excluding hydrogens is 183 g/mol. The van der Waals surface area contributed by atoms with E-state index in [2.05, 4.69) is 9.64 Å². The predicted molar refractivity (Wildman–Crippen MR) is 40.1 cm³/mol. The molecule has 0 amide bonds. The SMILES string of the molecule is FC(F)(F)OC1CC2CCCN2C1. The van der Waals surface area contributed by atoms with Crippen molar-refractivity contribution in [2.24, 2.45) is 0 Å². The summed E-state index contributed by atoms with van der Waals surface area (Å²) in [6.45, 7) is 1.38. The van der Waals surface area contributed by atoms with Gasteiger partial charge in [-0.05, 0) is 25.8 Å². The van der Waals surface area contributed by atoms with E-state index in [0.29, 0.717) is 19.0 Å². The molecule has 5 heteroatoms. The number of nitrogens with zero attached hydrogens (tertiary/aromatic N) is 1. The van der Waals surface area contributed by atoms with Crippen LogP contribution in [0, 0.1) is 0 Å². The van der Waals surface area contributed by atoms with Crippen molar-refractivity contribution in [3.63, 3.8) is 0 Å². The zero-order valence-corrected chi connectivity index (χ0v) is 7.18. The Morgan fingerprint density at radius 1 is 1.31 bits per heavy atom. The van der Waals surface area contributed by atoms with Crippen molar-refractivity contribution in [1.82, 2.24) is 4.90 Å². The summed E-state index contributed by atoms with van der Waals surface area (Å²) in [4.78, 5) is 2.09. The molecule has 0 spiro atoms. The van der Waals surface area contributed by atoms with Crippen LogP contribution < -0.4 is 0 Å². The Labute approximate surface area is 74.7 Å². The molecule has 0 aromatic heterocycles. The van der Waals surface area contributed by atoms with Crippen molar-refractivity contribution in [1.29, 1.82) is 0 Å². The van der Waals surface area contributed by atoms with Gasteiger partial charge in [0.05, 0.1) is 6.10 Å². The second-order valence-electron chi connectivity index (χ2n) is 3.71. The Morgan fingerprint density at radius 3 is 2.69 bits per heavy atom. The van der Waals surface area contributed by atoms with Gasteiger partial charge in [0.1, 0.15) is 0 Å². The third-order valence-corrected chi connectivity index (χ3v) is 2.77. The second kappa shape index (κ2) is 3.13. The predicted octanol–water partition coefficient (Wildman–Crippen LogP) is 1.76. The maximum Gasteiger partial charge on any atom is 0.522 e. The molecule has 76 valence electrons. The minimum Gasteiger partial charge on any atom is -0.298 e. The molecule has 2 aliphatic heterocycles. The monoisotopic (exact) mass is 195 g/mol. The van der Waals surface area contributed by atoms with Crippen LogP contribution in [0.5, 0.6) is 0 Å². The molecule has 0 aromatic rings. The van der Waals surface area contributed by atoms with Crippen LogP contribution in [0.1, 0.15) is 19.3 Å². The van der Waals surface area contributed by atoms with Gasteiger partial charge in [-0.1, -0.05) is 0 Å². The molecule has 2 heterocycles. The highest BCUT2D eigenvalue weighted by molar-refractivity contribution is 4.90. The fraction of sp³-hybridized carbons (Fsp3) is 1.00. The number of alkyl halides is 3. The lowest BCUT2D eigenvalue weighted by molar-refractivity contribution is -0.340. The van der Waals surface area contributed by atoms with E-state index >= 15 is 0 Å². The van der Waals surface area contributed by atoms with E-state index in [0.717, 1.165) is 19.4 Å². The lowest BCUT2D eigenvalue weighted by Crippen LogP contribution is -2.27. The van der Waals surface area contributed by atoms with E-state index in [-0.39, 0.29) is 0 Å². The van der Waals surface area contributed by atoms with Crippen LogP contribution in [0.25, 0.3) is 0 Å². The zero-order valence-electron chi connectivity index (χ0n) is 7.18. The second-order valence-corrected chi connectivity index (χ2v) is 3.71. The highest BCUT2D eigenvalue weighted by Gasteiger charge is 2.41. The molecule has 2 rings (SSSR count). The van der Waals surface area contributed by atoms with Crippen molar-refractivity contribution < 1.29 is 17.9 Å². The third kappa shape index (κ3) is 2.14. The highest BCUT2D eigenvalue weighted by atomic mass is 19.4. The van der Waals surface area contributed by atoms with Gasteiger partial charge in [0.15, 0.2) is 0 Å². The first-order valence-corrected chi connectivity index (χ1v) is 4.53. The smallest absolute Gasteiger partial charge is 0.298 e. The molecular formula is C8H12F3NO. The average Bonchev–Trinajstić information content (AvgIpc) is 2.40. The first-order valence-electron chi connectivity index (χ1n) is 4.53. The minimum atomic E-state index is -4.47. The fourth-order valence-electron chi connectivity index (χ4n) is 2.32. The van der Waals surface area contributed by atoms with Gasteiger partial charge in [0, 0.05) is 12.6 Å². The van der Waals surface area contributed by atoms with Crippen molar-refractivity contribution >= 4 is 0 Å². The number of rotatable bonds is 1. The topological polar surface area (TPSA) is 12.5 Å². The average molecular weight is 195 g/mol. The lowest BCUT2D eigenvalue weighted by Gasteiger charge is -2.14. The summed E-state index contributed by atoms with van der Waals surface area (Å²) in [6.07, 6.45) is -2.42. The van der Waals surface area contributed by atoms with E-state index in [9.17, 15) is 13.2 Å². The van der Waals surface area contributed by atoms with E-state index in [1.807, 2.05) is 0 Å². The first-order chi connectivity index (χ1) is 6.04. The molecule has 0 N–H and O–H groups in total. The minimum absolute atomic E-state index is 0.340. The van der Waals surface area contributed by atoms with Gasteiger partial charge in [0.25, 0.3) is 0 Å². The molecule has 2 saturated heterocycles. The van der Waals surface area contributed by atoms with E-state index in [1.165, 1.54) is 0 Å². The molecule has 2 atom stereocenters. The maximum atomic E-state index is 11.8. The fourth-order valence-corrected chi connectivity index (χ4v) is 2.32. The summed E-state index contributed by atoms with van der Waals surface area (Å²) in [6, 6.07) is 0.340.